The minimum atomic E-state index is 0.457. The predicted molar refractivity (Wildman–Crippen MR) is 88.2 cm³/mol. The third kappa shape index (κ3) is 3.50. The van der Waals surface area contributed by atoms with Gasteiger partial charge in [-0.15, -0.1) is 0 Å². The lowest BCUT2D eigenvalue weighted by atomic mass is 10.2. The average Bonchev–Trinajstić information content (AvgIpc) is 2.96. The number of hydrogen-bond donors (Lipinski definition) is 2. The molecule has 23 heavy (non-hydrogen) atoms. The first-order valence-electron chi connectivity index (χ1n) is 7.34. The van der Waals surface area contributed by atoms with Crippen molar-refractivity contribution in [1.82, 2.24) is 19.9 Å². The Morgan fingerprint density at radius 3 is 2.48 bits per heavy atom. The summed E-state index contributed by atoms with van der Waals surface area (Å²) in [7, 11) is 3.11. The monoisotopic (exact) mass is 313 g/mol. The van der Waals surface area contributed by atoms with Gasteiger partial charge in [0.25, 0.3) is 0 Å². The van der Waals surface area contributed by atoms with Gasteiger partial charge in [0.15, 0.2) is 0 Å². The Kier molecular flexibility index (Phi) is 4.27. The number of benzene rings is 1. The second-order valence-corrected chi connectivity index (χ2v) is 5.16. The summed E-state index contributed by atoms with van der Waals surface area (Å²) in [6.45, 7) is 2.71. The smallest absolute Gasteiger partial charge is 0.229 e. The number of aryl methyl sites for hydroxylation is 1. The van der Waals surface area contributed by atoms with Crippen LogP contribution in [0.4, 0.5) is 5.95 Å². The van der Waals surface area contributed by atoms with E-state index >= 15 is 0 Å². The number of nitrogens with zero attached hydrogens (tertiary/aromatic N) is 3. The largest absolute Gasteiger partial charge is 0.481 e. The molecule has 0 aliphatic heterocycles. The molecular weight excluding hydrogens is 294 g/mol. The lowest BCUT2D eigenvalue weighted by molar-refractivity contribution is 0.373. The molecule has 2 heterocycles. The molecule has 0 fully saturated rings. The number of anilines is 1. The Hall–Kier alpha value is -2.83. The maximum atomic E-state index is 5.12. The fourth-order valence-corrected chi connectivity index (χ4v) is 2.28. The zero-order chi connectivity index (χ0) is 16.2. The topological polar surface area (TPSA) is 85.0 Å². The van der Waals surface area contributed by atoms with Gasteiger partial charge in [-0.3, -0.25) is 0 Å². The van der Waals surface area contributed by atoms with Crippen LogP contribution in [0.5, 0.6) is 11.8 Å². The lowest BCUT2D eigenvalue weighted by Crippen LogP contribution is -2.09. The highest BCUT2D eigenvalue weighted by Crippen LogP contribution is 2.17. The second kappa shape index (κ2) is 6.51. The third-order valence-corrected chi connectivity index (χ3v) is 3.43. The maximum absolute atomic E-state index is 5.12. The Bertz CT molecular complexity index is 793. The number of nitrogens with one attached hydrogen (secondary N) is 2. The van der Waals surface area contributed by atoms with Crippen LogP contribution in [0, 0.1) is 6.92 Å². The van der Waals surface area contributed by atoms with Crippen molar-refractivity contribution in [3.63, 3.8) is 0 Å². The quantitative estimate of drug-likeness (QED) is 0.726. The summed E-state index contributed by atoms with van der Waals surface area (Å²) in [6, 6.07) is 7.80. The predicted octanol–water partition coefficient (Wildman–Crippen LogP) is 2.33. The summed E-state index contributed by atoms with van der Waals surface area (Å²) in [5, 5.41) is 3.16. The van der Waals surface area contributed by atoms with Crippen molar-refractivity contribution in [2.75, 3.05) is 26.1 Å². The van der Waals surface area contributed by atoms with Crippen LogP contribution in [0.3, 0.4) is 0 Å². The number of hydrogen-bond acceptors (Lipinski definition) is 6. The van der Waals surface area contributed by atoms with E-state index in [1.165, 1.54) is 5.56 Å². The van der Waals surface area contributed by atoms with Crippen molar-refractivity contribution >= 4 is 17.0 Å². The fraction of sp³-hybridized carbons (Fsp3) is 0.312. The van der Waals surface area contributed by atoms with Crippen LogP contribution >= 0.6 is 0 Å². The molecule has 2 aromatic heterocycles. The van der Waals surface area contributed by atoms with Crippen molar-refractivity contribution in [3.8, 4) is 11.8 Å². The van der Waals surface area contributed by atoms with Gasteiger partial charge in [0.05, 0.1) is 31.3 Å². The highest BCUT2D eigenvalue weighted by atomic mass is 16.5. The van der Waals surface area contributed by atoms with Gasteiger partial charge in [-0.05, 0) is 24.6 Å². The van der Waals surface area contributed by atoms with Crippen molar-refractivity contribution in [2.24, 2.45) is 0 Å². The summed E-state index contributed by atoms with van der Waals surface area (Å²) in [5.41, 5.74) is 3.24. The molecule has 0 radical (unpaired) electrons. The highest BCUT2D eigenvalue weighted by Gasteiger charge is 2.06. The summed E-state index contributed by atoms with van der Waals surface area (Å²) < 4.78 is 10.2. The van der Waals surface area contributed by atoms with Crippen LogP contribution in [-0.4, -0.2) is 40.7 Å². The second-order valence-electron chi connectivity index (χ2n) is 5.16. The molecule has 0 spiro atoms. The SMILES string of the molecule is COc1cc(OC)nc(NCCc2nc3ccc(C)cc3[nH]2)n1. The summed E-state index contributed by atoms with van der Waals surface area (Å²) in [5.74, 6) is 2.30. The summed E-state index contributed by atoms with van der Waals surface area (Å²) >= 11 is 0. The van der Waals surface area contributed by atoms with E-state index in [1.54, 1.807) is 20.3 Å². The number of H-pyrrole nitrogens is 1. The fourth-order valence-electron chi connectivity index (χ4n) is 2.28. The number of aromatic nitrogens is 4. The molecule has 0 saturated carbocycles. The van der Waals surface area contributed by atoms with Crippen LogP contribution in [0.1, 0.15) is 11.4 Å². The molecule has 0 bridgehead atoms. The van der Waals surface area contributed by atoms with Gasteiger partial charge in [0, 0.05) is 13.0 Å². The molecule has 3 aromatic rings. The Morgan fingerprint density at radius 2 is 1.78 bits per heavy atom. The lowest BCUT2D eigenvalue weighted by Gasteiger charge is -2.07. The maximum Gasteiger partial charge on any atom is 0.229 e. The first-order chi connectivity index (χ1) is 11.2. The van der Waals surface area contributed by atoms with Gasteiger partial charge in [0.1, 0.15) is 5.82 Å². The average molecular weight is 313 g/mol. The van der Waals surface area contributed by atoms with Gasteiger partial charge in [-0.2, -0.15) is 9.97 Å². The molecule has 7 nitrogen and oxygen atoms in total. The van der Waals surface area contributed by atoms with E-state index in [9.17, 15) is 0 Å². The number of aromatic amines is 1. The number of rotatable bonds is 6. The van der Waals surface area contributed by atoms with Crippen LogP contribution in [0.25, 0.3) is 11.0 Å². The summed E-state index contributed by atoms with van der Waals surface area (Å²) in [6.07, 6.45) is 0.733. The standard InChI is InChI=1S/C16H19N5O2/c1-10-4-5-11-12(8-10)19-13(18-11)6-7-17-16-20-14(22-2)9-15(21-16)23-3/h4-5,8-9H,6-7H2,1-3H3,(H,18,19)(H,17,20,21). The third-order valence-electron chi connectivity index (χ3n) is 3.43. The minimum Gasteiger partial charge on any atom is -0.481 e. The molecule has 0 amide bonds. The molecule has 1 aromatic carbocycles. The molecule has 2 N–H and O–H groups in total. The number of ether oxygens (including phenoxy) is 2. The van der Waals surface area contributed by atoms with E-state index in [1.807, 2.05) is 6.07 Å². The zero-order valence-corrected chi connectivity index (χ0v) is 13.4. The van der Waals surface area contributed by atoms with Crippen molar-refractivity contribution in [1.29, 1.82) is 0 Å². The van der Waals surface area contributed by atoms with Crippen LogP contribution < -0.4 is 14.8 Å². The van der Waals surface area contributed by atoms with Crippen LogP contribution in [-0.2, 0) is 6.42 Å². The van der Waals surface area contributed by atoms with Crippen LogP contribution in [0.2, 0.25) is 0 Å². The van der Waals surface area contributed by atoms with E-state index in [4.69, 9.17) is 9.47 Å². The molecule has 0 aliphatic carbocycles. The molecule has 0 unspecified atom stereocenters. The van der Waals surface area contributed by atoms with Gasteiger partial charge in [-0.25, -0.2) is 4.98 Å². The first-order valence-corrected chi connectivity index (χ1v) is 7.34. The number of methoxy groups -OCH3 is 2. The molecule has 120 valence electrons. The molecular formula is C16H19N5O2. The first kappa shape index (κ1) is 15.1. The summed E-state index contributed by atoms with van der Waals surface area (Å²) in [4.78, 5) is 16.4. The normalized spacial score (nSPS) is 10.7. The Morgan fingerprint density at radius 1 is 1.04 bits per heavy atom. The van der Waals surface area contributed by atoms with Crippen LogP contribution in [0.15, 0.2) is 24.3 Å². The molecule has 0 atom stereocenters. The molecule has 0 aliphatic rings. The van der Waals surface area contributed by atoms with Crippen molar-refractivity contribution in [2.45, 2.75) is 13.3 Å². The molecule has 3 rings (SSSR count). The molecule has 7 heteroatoms. The van der Waals surface area contributed by atoms with Crippen molar-refractivity contribution in [3.05, 3.63) is 35.7 Å². The van der Waals surface area contributed by atoms with Crippen molar-refractivity contribution < 1.29 is 9.47 Å². The Labute approximate surface area is 134 Å². The van der Waals surface area contributed by atoms with E-state index in [0.717, 1.165) is 23.3 Å². The van der Waals surface area contributed by atoms with E-state index < -0.39 is 0 Å². The van der Waals surface area contributed by atoms with E-state index in [0.29, 0.717) is 24.3 Å². The minimum absolute atomic E-state index is 0.457. The Balaban J connectivity index is 1.66. The highest BCUT2D eigenvalue weighted by molar-refractivity contribution is 5.75. The van der Waals surface area contributed by atoms with Gasteiger partial charge < -0.3 is 19.8 Å². The van der Waals surface area contributed by atoms with E-state index in [2.05, 4.69) is 44.3 Å². The molecule has 0 saturated heterocycles. The van der Waals surface area contributed by atoms with Gasteiger partial charge in [-0.1, -0.05) is 6.07 Å². The van der Waals surface area contributed by atoms with Gasteiger partial charge >= 0.3 is 0 Å². The number of imidazole rings is 1. The number of fused-ring (bicyclic) bond motifs is 1. The zero-order valence-electron chi connectivity index (χ0n) is 13.4. The van der Waals surface area contributed by atoms with Gasteiger partial charge in [0.2, 0.25) is 17.7 Å². The van der Waals surface area contributed by atoms with E-state index in [-0.39, 0.29) is 0 Å².